The molecule has 1 N–H and O–H groups in total. The monoisotopic (exact) mass is 276 g/mol. The van der Waals surface area contributed by atoms with Gasteiger partial charge >= 0.3 is 0 Å². The number of nitrogens with one attached hydrogen (secondary N) is 1. The molecule has 0 saturated heterocycles. The van der Waals surface area contributed by atoms with Gasteiger partial charge in [0.15, 0.2) is 5.82 Å². The van der Waals surface area contributed by atoms with Crippen LogP contribution in [0.1, 0.15) is 41.5 Å². The summed E-state index contributed by atoms with van der Waals surface area (Å²) in [4.78, 5) is 0. The summed E-state index contributed by atoms with van der Waals surface area (Å²) in [6.07, 6.45) is 4.15. The summed E-state index contributed by atoms with van der Waals surface area (Å²) in [5.74, 6) is 1.43. The Morgan fingerprint density at radius 1 is 1.42 bits per heavy atom. The molecule has 2 heterocycles. The van der Waals surface area contributed by atoms with Crippen molar-refractivity contribution < 1.29 is 0 Å². The van der Waals surface area contributed by atoms with E-state index in [-0.39, 0.29) is 0 Å². The van der Waals surface area contributed by atoms with Crippen LogP contribution in [0.4, 0.5) is 0 Å². The topological polar surface area (TPSA) is 63.8 Å². The summed E-state index contributed by atoms with van der Waals surface area (Å²) < 4.78 is 4.11. The zero-order valence-corrected chi connectivity index (χ0v) is 12.0. The molecule has 3 rings (SSSR count). The number of aromatic amines is 1. The Hall–Kier alpha value is -1.76. The zero-order chi connectivity index (χ0) is 13.6. The molecule has 0 bridgehead atoms. The second-order valence-corrected chi connectivity index (χ2v) is 5.31. The van der Waals surface area contributed by atoms with Crippen LogP contribution in [0.3, 0.4) is 0 Å². The molecule has 1 aliphatic carbocycles. The molecule has 0 spiro atoms. The third-order valence-corrected chi connectivity index (χ3v) is 3.75. The van der Waals surface area contributed by atoms with Crippen molar-refractivity contribution in [1.82, 2.24) is 24.7 Å². The summed E-state index contributed by atoms with van der Waals surface area (Å²) in [6, 6.07) is 0. The Bertz CT molecular complexity index is 700. The molecule has 0 amide bonds. The van der Waals surface area contributed by atoms with Crippen molar-refractivity contribution in [3.63, 3.8) is 0 Å². The number of nitrogens with zero attached hydrogens (tertiary/aromatic N) is 5. The molecule has 0 atom stereocenters. The third kappa shape index (κ3) is 2.14. The number of aromatic nitrogens is 5. The molecule has 19 heavy (non-hydrogen) atoms. The van der Waals surface area contributed by atoms with Gasteiger partial charge in [0.2, 0.25) is 4.77 Å². The third-order valence-electron chi connectivity index (χ3n) is 3.49. The molecular weight excluding hydrogens is 260 g/mol. The molecular formula is C12H16N6S. The van der Waals surface area contributed by atoms with Crippen LogP contribution < -0.4 is 0 Å². The van der Waals surface area contributed by atoms with E-state index in [0.29, 0.717) is 10.7 Å². The minimum Gasteiger partial charge on any atom is -0.272 e. The quantitative estimate of drug-likeness (QED) is 0.689. The Labute approximate surface area is 116 Å². The average Bonchev–Trinajstić information content (AvgIpc) is 3.10. The highest BCUT2D eigenvalue weighted by Gasteiger charge is 2.29. The minimum atomic E-state index is 0.501. The van der Waals surface area contributed by atoms with E-state index in [1.54, 1.807) is 4.68 Å². The normalized spacial score (nSPS) is 15.5. The van der Waals surface area contributed by atoms with Crippen LogP contribution in [-0.2, 0) is 7.05 Å². The highest BCUT2D eigenvalue weighted by atomic mass is 32.1. The summed E-state index contributed by atoms with van der Waals surface area (Å²) in [5, 5.41) is 15.9. The van der Waals surface area contributed by atoms with Crippen molar-refractivity contribution in [2.75, 3.05) is 0 Å². The first kappa shape index (κ1) is 12.3. The van der Waals surface area contributed by atoms with Gasteiger partial charge in [-0.05, 0) is 38.9 Å². The van der Waals surface area contributed by atoms with Gasteiger partial charge in [-0.25, -0.2) is 0 Å². The summed E-state index contributed by atoms with van der Waals surface area (Å²) >= 11 is 5.22. The first-order valence-electron chi connectivity index (χ1n) is 6.30. The first-order valence-corrected chi connectivity index (χ1v) is 6.70. The summed E-state index contributed by atoms with van der Waals surface area (Å²) in [7, 11) is 1.93. The molecule has 100 valence electrons. The largest absolute Gasteiger partial charge is 0.272 e. The molecule has 1 fully saturated rings. The van der Waals surface area contributed by atoms with Gasteiger partial charge in [0.05, 0.1) is 11.9 Å². The van der Waals surface area contributed by atoms with Crippen molar-refractivity contribution in [2.24, 2.45) is 12.1 Å². The lowest BCUT2D eigenvalue weighted by Crippen LogP contribution is -1.98. The van der Waals surface area contributed by atoms with Crippen molar-refractivity contribution in [3.8, 4) is 0 Å². The van der Waals surface area contributed by atoms with Crippen molar-refractivity contribution >= 4 is 18.4 Å². The standard InChI is InChI=1S/C12H16N6S/c1-7-10(8(2)17(3)16-7)6-13-18-11(9-4-5-9)14-15-12(18)19/h6,9H,4-5H2,1-3H3,(H,15,19). The molecule has 7 heteroatoms. The summed E-state index contributed by atoms with van der Waals surface area (Å²) in [6.45, 7) is 4.00. The van der Waals surface area contributed by atoms with E-state index in [4.69, 9.17) is 12.2 Å². The van der Waals surface area contributed by atoms with E-state index in [2.05, 4.69) is 20.4 Å². The maximum atomic E-state index is 5.22. The van der Waals surface area contributed by atoms with Crippen LogP contribution in [0.15, 0.2) is 5.10 Å². The van der Waals surface area contributed by atoms with E-state index in [9.17, 15) is 0 Å². The van der Waals surface area contributed by atoms with Crippen molar-refractivity contribution in [2.45, 2.75) is 32.6 Å². The van der Waals surface area contributed by atoms with Crippen molar-refractivity contribution in [1.29, 1.82) is 0 Å². The maximum Gasteiger partial charge on any atom is 0.216 e. The highest BCUT2D eigenvalue weighted by Crippen LogP contribution is 2.38. The van der Waals surface area contributed by atoms with Gasteiger partial charge in [0.25, 0.3) is 0 Å². The van der Waals surface area contributed by atoms with Crippen molar-refractivity contribution in [3.05, 3.63) is 27.5 Å². The van der Waals surface area contributed by atoms with E-state index < -0.39 is 0 Å². The molecule has 0 aliphatic heterocycles. The van der Waals surface area contributed by atoms with Crippen LogP contribution in [0, 0.1) is 18.6 Å². The fourth-order valence-corrected chi connectivity index (χ4v) is 2.30. The Kier molecular flexibility index (Phi) is 2.85. The highest BCUT2D eigenvalue weighted by molar-refractivity contribution is 7.71. The summed E-state index contributed by atoms with van der Waals surface area (Å²) in [5.41, 5.74) is 3.09. The number of hydrogen-bond donors (Lipinski definition) is 1. The fourth-order valence-electron chi connectivity index (χ4n) is 2.11. The van der Waals surface area contributed by atoms with Gasteiger partial charge in [-0.3, -0.25) is 9.78 Å². The van der Waals surface area contributed by atoms with E-state index in [1.807, 2.05) is 31.8 Å². The predicted molar refractivity (Wildman–Crippen MR) is 75.1 cm³/mol. The average molecular weight is 276 g/mol. The van der Waals surface area contributed by atoms with Crippen LogP contribution in [-0.4, -0.2) is 30.9 Å². The Morgan fingerprint density at radius 3 is 2.74 bits per heavy atom. The van der Waals surface area contributed by atoms with E-state index >= 15 is 0 Å². The maximum absolute atomic E-state index is 5.22. The number of hydrogen-bond acceptors (Lipinski definition) is 4. The molecule has 1 saturated carbocycles. The lowest BCUT2D eigenvalue weighted by molar-refractivity contribution is 0.731. The van der Waals surface area contributed by atoms with Gasteiger partial charge in [0, 0.05) is 24.2 Å². The second kappa shape index (κ2) is 4.41. The second-order valence-electron chi connectivity index (χ2n) is 4.93. The van der Waals surface area contributed by atoms with Crippen LogP contribution in [0.2, 0.25) is 0 Å². The van der Waals surface area contributed by atoms with Gasteiger partial charge < -0.3 is 0 Å². The molecule has 2 aromatic rings. The Balaban J connectivity index is 1.99. The SMILES string of the molecule is Cc1nn(C)c(C)c1C=Nn1c(C2CC2)n[nH]c1=S. The molecule has 0 unspecified atom stereocenters. The van der Waals surface area contributed by atoms with Gasteiger partial charge in [-0.2, -0.15) is 20.0 Å². The van der Waals surface area contributed by atoms with E-state index in [0.717, 1.165) is 22.8 Å². The van der Waals surface area contributed by atoms with Gasteiger partial charge in [0.1, 0.15) is 0 Å². The lowest BCUT2D eigenvalue weighted by atomic mass is 10.2. The van der Waals surface area contributed by atoms with Gasteiger partial charge in [-0.1, -0.05) is 0 Å². The van der Waals surface area contributed by atoms with Crippen LogP contribution in [0.25, 0.3) is 0 Å². The molecule has 0 radical (unpaired) electrons. The number of aryl methyl sites for hydroxylation is 2. The number of H-pyrrole nitrogens is 1. The lowest BCUT2D eigenvalue weighted by Gasteiger charge is -1.98. The number of rotatable bonds is 3. The van der Waals surface area contributed by atoms with E-state index in [1.165, 1.54) is 12.8 Å². The smallest absolute Gasteiger partial charge is 0.216 e. The fraction of sp³-hybridized carbons (Fsp3) is 0.500. The molecule has 0 aromatic carbocycles. The predicted octanol–water partition coefficient (Wildman–Crippen LogP) is 2.05. The zero-order valence-electron chi connectivity index (χ0n) is 11.2. The minimum absolute atomic E-state index is 0.501. The van der Waals surface area contributed by atoms with Crippen LogP contribution >= 0.6 is 12.2 Å². The van der Waals surface area contributed by atoms with Crippen LogP contribution in [0.5, 0.6) is 0 Å². The molecule has 1 aliphatic rings. The first-order chi connectivity index (χ1) is 9.08. The van der Waals surface area contributed by atoms with Gasteiger partial charge in [-0.15, -0.1) is 0 Å². The molecule has 6 nitrogen and oxygen atoms in total. The molecule has 2 aromatic heterocycles. The Morgan fingerprint density at radius 2 is 2.16 bits per heavy atom.